The van der Waals surface area contributed by atoms with Gasteiger partial charge in [-0.15, -0.1) is 0 Å². The molecule has 0 N–H and O–H groups in total. The van der Waals surface area contributed by atoms with E-state index in [2.05, 4.69) is 29.9 Å². The fourth-order valence-electron chi connectivity index (χ4n) is 3.80. The summed E-state index contributed by atoms with van der Waals surface area (Å²) in [4.78, 5) is 34.5. The number of hydrogen-bond acceptors (Lipinski definition) is 7. The summed E-state index contributed by atoms with van der Waals surface area (Å²) in [5.74, 6) is 0.00426. The largest absolute Gasteiger partial charge is 0.336 e. The molecule has 4 aromatic heterocycles. The summed E-state index contributed by atoms with van der Waals surface area (Å²) in [5.41, 5.74) is 2.98. The smallest absolute Gasteiger partial charge is 0.255 e. The van der Waals surface area contributed by atoms with Crippen LogP contribution in [0.2, 0.25) is 0 Å². The summed E-state index contributed by atoms with van der Waals surface area (Å²) in [6.45, 7) is 5.37. The number of imidazole rings is 1. The molecule has 10 nitrogen and oxygen atoms in total. The predicted molar refractivity (Wildman–Crippen MR) is 113 cm³/mol. The van der Waals surface area contributed by atoms with Crippen molar-refractivity contribution in [3.63, 3.8) is 0 Å². The molecule has 31 heavy (non-hydrogen) atoms. The molecule has 1 saturated heterocycles. The Morgan fingerprint density at radius 1 is 1.00 bits per heavy atom. The highest BCUT2D eigenvalue weighted by Crippen LogP contribution is 2.16. The molecular weight excluding hydrogens is 394 g/mol. The summed E-state index contributed by atoms with van der Waals surface area (Å²) in [7, 11) is 0. The van der Waals surface area contributed by atoms with Crippen molar-refractivity contribution in [3.8, 4) is 0 Å². The zero-order valence-electron chi connectivity index (χ0n) is 17.1. The Kier molecular flexibility index (Phi) is 5.36. The lowest BCUT2D eigenvalue weighted by molar-refractivity contribution is 0.0631. The molecule has 1 amide bonds. The number of carbonyl (C=O) groups is 1. The maximum absolute atomic E-state index is 13.0. The highest BCUT2D eigenvalue weighted by molar-refractivity contribution is 5.96. The van der Waals surface area contributed by atoms with Gasteiger partial charge in [-0.25, -0.2) is 15.0 Å². The number of carbonyl (C=O) groups excluding carboxylic acids is 1. The van der Waals surface area contributed by atoms with E-state index in [0.29, 0.717) is 30.7 Å². The van der Waals surface area contributed by atoms with Gasteiger partial charge in [-0.1, -0.05) is 6.07 Å². The number of piperazine rings is 1. The molecule has 0 bridgehead atoms. The van der Waals surface area contributed by atoms with E-state index in [-0.39, 0.29) is 5.91 Å². The zero-order chi connectivity index (χ0) is 21.0. The third-order valence-electron chi connectivity index (χ3n) is 5.53. The van der Waals surface area contributed by atoms with Gasteiger partial charge in [0.2, 0.25) is 0 Å². The molecule has 0 aliphatic carbocycles. The van der Waals surface area contributed by atoms with E-state index in [0.717, 1.165) is 37.5 Å². The van der Waals surface area contributed by atoms with Crippen LogP contribution in [-0.4, -0.2) is 82.7 Å². The zero-order valence-corrected chi connectivity index (χ0v) is 17.1. The van der Waals surface area contributed by atoms with Crippen molar-refractivity contribution < 1.29 is 4.79 Å². The second-order valence-electron chi connectivity index (χ2n) is 7.55. The molecular formula is C21H23N9O. The van der Waals surface area contributed by atoms with E-state index in [1.165, 1.54) is 0 Å². The second kappa shape index (κ2) is 8.60. The van der Waals surface area contributed by atoms with Gasteiger partial charge in [-0.2, -0.15) is 5.10 Å². The van der Waals surface area contributed by atoms with Crippen molar-refractivity contribution in [3.05, 3.63) is 66.9 Å². The van der Waals surface area contributed by atoms with Crippen LogP contribution < -0.4 is 0 Å². The number of hydrogen-bond donors (Lipinski definition) is 0. The molecule has 0 radical (unpaired) electrons. The van der Waals surface area contributed by atoms with Crippen molar-refractivity contribution in [2.45, 2.75) is 13.1 Å². The molecule has 5 rings (SSSR count). The first-order valence-electron chi connectivity index (χ1n) is 10.3. The van der Waals surface area contributed by atoms with Crippen LogP contribution in [-0.2, 0) is 13.1 Å². The van der Waals surface area contributed by atoms with Gasteiger partial charge in [0.15, 0.2) is 5.65 Å². The maximum atomic E-state index is 13.0. The monoisotopic (exact) mass is 417 g/mol. The Balaban J connectivity index is 1.21. The van der Waals surface area contributed by atoms with Crippen molar-refractivity contribution >= 4 is 17.1 Å². The molecule has 0 aromatic carbocycles. The summed E-state index contributed by atoms with van der Waals surface area (Å²) < 4.78 is 3.77. The van der Waals surface area contributed by atoms with Gasteiger partial charge in [0.25, 0.3) is 5.91 Å². The van der Waals surface area contributed by atoms with E-state index in [9.17, 15) is 4.79 Å². The van der Waals surface area contributed by atoms with Crippen LogP contribution >= 0.6 is 0 Å². The normalized spacial score (nSPS) is 14.9. The topological polar surface area (TPSA) is 97.9 Å². The second-order valence-corrected chi connectivity index (χ2v) is 7.55. The van der Waals surface area contributed by atoms with Gasteiger partial charge in [0.05, 0.1) is 30.7 Å². The van der Waals surface area contributed by atoms with Crippen molar-refractivity contribution in [1.29, 1.82) is 0 Å². The van der Waals surface area contributed by atoms with E-state index in [1.54, 1.807) is 31.4 Å². The number of amides is 1. The fourth-order valence-corrected chi connectivity index (χ4v) is 3.80. The number of aromatic nitrogens is 7. The van der Waals surface area contributed by atoms with Crippen LogP contribution in [0.25, 0.3) is 11.2 Å². The first kappa shape index (κ1) is 19.3. The van der Waals surface area contributed by atoms with Crippen LogP contribution in [0.3, 0.4) is 0 Å². The van der Waals surface area contributed by atoms with Gasteiger partial charge in [-0.3, -0.25) is 19.4 Å². The Labute approximate surface area is 179 Å². The lowest BCUT2D eigenvalue weighted by Gasteiger charge is -2.34. The number of pyridine rings is 2. The minimum absolute atomic E-state index is 0.00426. The average molecular weight is 417 g/mol. The Morgan fingerprint density at radius 2 is 1.90 bits per heavy atom. The van der Waals surface area contributed by atoms with Crippen LogP contribution in [0.4, 0.5) is 0 Å². The third kappa shape index (κ3) is 4.29. The van der Waals surface area contributed by atoms with Gasteiger partial charge >= 0.3 is 0 Å². The van der Waals surface area contributed by atoms with Crippen molar-refractivity contribution in [2.24, 2.45) is 0 Å². The maximum Gasteiger partial charge on any atom is 0.255 e. The van der Waals surface area contributed by atoms with Crippen molar-refractivity contribution in [1.82, 2.24) is 44.1 Å². The summed E-state index contributed by atoms with van der Waals surface area (Å²) in [5, 5.41) is 4.13. The average Bonchev–Trinajstić information content (AvgIpc) is 3.48. The molecule has 1 aliphatic rings. The summed E-state index contributed by atoms with van der Waals surface area (Å²) in [6, 6.07) is 7.65. The van der Waals surface area contributed by atoms with E-state index >= 15 is 0 Å². The van der Waals surface area contributed by atoms with Crippen LogP contribution in [0.5, 0.6) is 0 Å². The molecule has 0 saturated carbocycles. The highest BCUT2D eigenvalue weighted by atomic mass is 16.2. The van der Waals surface area contributed by atoms with Crippen LogP contribution in [0, 0.1) is 0 Å². The van der Waals surface area contributed by atoms with Crippen molar-refractivity contribution in [2.75, 3.05) is 32.7 Å². The van der Waals surface area contributed by atoms with Gasteiger partial charge in [0.1, 0.15) is 18.2 Å². The number of nitrogens with zero attached hydrogens (tertiary/aromatic N) is 9. The fraction of sp³-hybridized carbons (Fsp3) is 0.333. The highest BCUT2D eigenvalue weighted by Gasteiger charge is 2.23. The third-order valence-corrected chi connectivity index (χ3v) is 5.53. The number of fused-ring (bicyclic) bond motifs is 1. The molecule has 4 aromatic rings. The summed E-state index contributed by atoms with van der Waals surface area (Å²) >= 11 is 0. The molecule has 10 heteroatoms. The molecule has 1 fully saturated rings. The predicted octanol–water partition coefficient (Wildman–Crippen LogP) is 0.924. The molecule has 5 heterocycles. The SMILES string of the molecule is O=C(c1cnc2c(c1)ncn2Cc1ccccn1)N1CCN(CCn2cncn2)CC1. The lowest BCUT2D eigenvalue weighted by Crippen LogP contribution is -2.49. The quantitative estimate of drug-likeness (QED) is 0.460. The standard InChI is InChI=1S/C21H23N9O/c31-21(28-8-5-27(6-9-28)7-10-30-15-22-14-26-30)17-11-19-20(24-12-17)29(16-25-19)13-18-3-1-2-4-23-18/h1-4,11-12,14-16H,5-10,13H2. The van der Waals surface area contributed by atoms with Gasteiger partial charge < -0.3 is 9.47 Å². The molecule has 0 unspecified atom stereocenters. The lowest BCUT2D eigenvalue weighted by atomic mass is 10.2. The summed E-state index contributed by atoms with van der Waals surface area (Å²) in [6.07, 6.45) is 8.43. The van der Waals surface area contributed by atoms with Gasteiger partial charge in [-0.05, 0) is 18.2 Å². The van der Waals surface area contributed by atoms with E-state index in [4.69, 9.17) is 0 Å². The van der Waals surface area contributed by atoms with E-state index < -0.39 is 0 Å². The minimum atomic E-state index is 0.00426. The number of rotatable bonds is 6. The van der Waals surface area contributed by atoms with E-state index in [1.807, 2.05) is 38.4 Å². The van der Waals surface area contributed by atoms with Crippen LogP contribution in [0.1, 0.15) is 16.1 Å². The minimum Gasteiger partial charge on any atom is -0.336 e. The van der Waals surface area contributed by atoms with Crippen LogP contribution in [0.15, 0.2) is 55.6 Å². The molecule has 1 aliphatic heterocycles. The Bertz CT molecular complexity index is 1150. The van der Waals surface area contributed by atoms with Gasteiger partial charge in [0, 0.05) is 45.1 Å². The molecule has 158 valence electrons. The Morgan fingerprint density at radius 3 is 2.68 bits per heavy atom. The molecule has 0 spiro atoms. The Hall–Kier alpha value is -3.66. The first-order valence-corrected chi connectivity index (χ1v) is 10.3. The molecule has 0 atom stereocenters. The first-order chi connectivity index (χ1) is 15.3.